The van der Waals surface area contributed by atoms with E-state index in [0.717, 1.165) is 23.4 Å². The molecule has 1 fully saturated rings. The molecule has 1 aliphatic carbocycles. The first kappa shape index (κ1) is 19.0. The molecule has 0 spiro atoms. The number of hydrogen-bond acceptors (Lipinski definition) is 3. The van der Waals surface area contributed by atoms with Gasteiger partial charge < -0.3 is 5.11 Å². The Morgan fingerprint density at radius 3 is 2.36 bits per heavy atom. The third-order valence-corrected chi connectivity index (χ3v) is 4.18. The van der Waals surface area contributed by atoms with Crippen molar-refractivity contribution >= 4 is 17.8 Å². The average molecular weight is 346 g/mol. The Hall–Kier alpha value is -2.37. The fourth-order valence-electron chi connectivity index (χ4n) is 2.67. The van der Waals surface area contributed by atoms with Gasteiger partial charge in [-0.25, -0.2) is 9.80 Å². The number of hydrogen-bond donors (Lipinski definition) is 2. The van der Waals surface area contributed by atoms with Crippen LogP contribution in [0.3, 0.4) is 0 Å². The Morgan fingerprint density at radius 2 is 1.84 bits per heavy atom. The number of nitrogens with zero attached hydrogens (tertiary/aromatic N) is 1. The molecular formula is C19H26N2O4. The summed E-state index contributed by atoms with van der Waals surface area (Å²) in [4.78, 5) is 36.4. The molecule has 1 aliphatic rings. The van der Waals surface area contributed by atoms with Crippen LogP contribution in [-0.2, 0) is 20.8 Å². The van der Waals surface area contributed by atoms with E-state index in [1.54, 1.807) is 0 Å². The number of aliphatic carboxylic acids is 1. The lowest BCUT2D eigenvalue weighted by molar-refractivity contribution is -0.157. The van der Waals surface area contributed by atoms with Crippen LogP contribution in [0.2, 0.25) is 0 Å². The third kappa shape index (κ3) is 5.89. The molecule has 0 unspecified atom stereocenters. The van der Waals surface area contributed by atoms with E-state index in [2.05, 4.69) is 5.43 Å². The van der Waals surface area contributed by atoms with Crippen molar-refractivity contribution in [2.45, 2.75) is 52.0 Å². The standard InChI is InChI=1S/C19H26N2O4/c1-13(2)12-16(19(24)25)21(18(23)15-9-10-15)20-17(22)11-8-14-6-4-3-5-7-14/h3-7,13,15-16H,8-12H2,1-2H3,(H,20,22)(H,24,25)/t16-/m0/s1. The van der Waals surface area contributed by atoms with Crippen molar-refractivity contribution in [3.8, 4) is 0 Å². The van der Waals surface area contributed by atoms with Gasteiger partial charge in [-0.15, -0.1) is 0 Å². The van der Waals surface area contributed by atoms with Crippen molar-refractivity contribution in [2.75, 3.05) is 0 Å². The van der Waals surface area contributed by atoms with Crippen LogP contribution < -0.4 is 5.43 Å². The lowest BCUT2D eigenvalue weighted by Crippen LogP contribution is -2.55. The summed E-state index contributed by atoms with van der Waals surface area (Å²) in [6.45, 7) is 3.79. The van der Waals surface area contributed by atoms with E-state index in [0.29, 0.717) is 12.8 Å². The second-order valence-corrected chi connectivity index (χ2v) is 6.99. The molecule has 0 saturated heterocycles. The monoisotopic (exact) mass is 346 g/mol. The molecule has 136 valence electrons. The first-order valence-electron chi connectivity index (χ1n) is 8.77. The molecule has 1 aromatic rings. The van der Waals surface area contributed by atoms with E-state index in [1.165, 1.54) is 0 Å². The molecule has 1 aromatic carbocycles. The first-order chi connectivity index (χ1) is 11.9. The van der Waals surface area contributed by atoms with Gasteiger partial charge in [0.05, 0.1) is 0 Å². The van der Waals surface area contributed by atoms with Crippen LogP contribution in [0.25, 0.3) is 0 Å². The van der Waals surface area contributed by atoms with Gasteiger partial charge in [-0.2, -0.15) is 0 Å². The highest BCUT2D eigenvalue weighted by molar-refractivity contribution is 5.89. The van der Waals surface area contributed by atoms with Crippen molar-refractivity contribution in [2.24, 2.45) is 11.8 Å². The highest BCUT2D eigenvalue weighted by Crippen LogP contribution is 2.31. The zero-order valence-corrected chi connectivity index (χ0v) is 14.8. The average Bonchev–Trinajstić information content (AvgIpc) is 3.41. The Balaban J connectivity index is 2.02. The molecule has 2 rings (SSSR count). The van der Waals surface area contributed by atoms with Gasteiger partial charge in [0.25, 0.3) is 0 Å². The molecule has 25 heavy (non-hydrogen) atoms. The van der Waals surface area contributed by atoms with Crippen LogP contribution >= 0.6 is 0 Å². The van der Waals surface area contributed by atoms with Crippen molar-refractivity contribution in [1.82, 2.24) is 10.4 Å². The van der Waals surface area contributed by atoms with E-state index in [4.69, 9.17) is 0 Å². The van der Waals surface area contributed by atoms with Gasteiger partial charge in [0.2, 0.25) is 11.8 Å². The molecule has 1 saturated carbocycles. The zero-order chi connectivity index (χ0) is 18.4. The second kappa shape index (κ2) is 8.65. The number of carbonyl (C=O) groups excluding carboxylic acids is 2. The number of carboxylic acids is 1. The SMILES string of the molecule is CC(C)C[C@@H](C(=O)O)N(NC(=O)CCc1ccccc1)C(=O)C1CC1. The molecule has 0 heterocycles. The quantitative estimate of drug-likeness (QED) is 0.708. The molecule has 0 radical (unpaired) electrons. The van der Waals surface area contributed by atoms with Gasteiger partial charge in [-0.05, 0) is 37.2 Å². The Labute approximate surface area is 148 Å². The van der Waals surface area contributed by atoms with Gasteiger partial charge in [0.15, 0.2) is 6.04 Å². The van der Waals surface area contributed by atoms with Crippen LogP contribution in [0, 0.1) is 11.8 Å². The smallest absolute Gasteiger partial charge is 0.328 e. The summed E-state index contributed by atoms with van der Waals surface area (Å²) in [7, 11) is 0. The fraction of sp³-hybridized carbons (Fsp3) is 0.526. The van der Waals surface area contributed by atoms with Gasteiger partial charge in [0.1, 0.15) is 0 Å². The van der Waals surface area contributed by atoms with Crippen LogP contribution in [0.15, 0.2) is 30.3 Å². The predicted molar refractivity (Wildman–Crippen MR) is 93.4 cm³/mol. The first-order valence-corrected chi connectivity index (χ1v) is 8.77. The summed E-state index contributed by atoms with van der Waals surface area (Å²) < 4.78 is 0. The fourth-order valence-corrected chi connectivity index (χ4v) is 2.67. The number of amides is 2. The number of hydrazine groups is 1. The number of benzene rings is 1. The molecule has 0 bridgehead atoms. The van der Waals surface area contributed by atoms with Gasteiger partial charge in [0, 0.05) is 12.3 Å². The van der Waals surface area contributed by atoms with E-state index in [1.807, 2.05) is 44.2 Å². The second-order valence-electron chi connectivity index (χ2n) is 6.99. The van der Waals surface area contributed by atoms with Crippen LogP contribution in [0.5, 0.6) is 0 Å². The third-order valence-electron chi connectivity index (χ3n) is 4.18. The molecule has 1 atom stereocenters. The minimum absolute atomic E-state index is 0.0943. The topological polar surface area (TPSA) is 86.7 Å². The van der Waals surface area contributed by atoms with E-state index >= 15 is 0 Å². The van der Waals surface area contributed by atoms with Crippen molar-refractivity contribution in [3.63, 3.8) is 0 Å². The number of carboxylic acid groups (broad SMARTS) is 1. The summed E-state index contributed by atoms with van der Waals surface area (Å²) in [5.41, 5.74) is 3.58. The van der Waals surface area contributed by atoms with Gasteiger partial charge in [-0.1, -0.05) is 44.2 Å². The molecule has 0 aliphatic heterocycles. The van der Waals surface area contributed by atoms with E-state index in [-0.39, 0.29) is 30.1 Å². The van der Waals surface area contributed by atoms with Gasteiger partial charge in [-0.3, -0.25) is 15.0 Å². The maximum absolute atomic E-state index is 12.5. The number of aryl methyl sites for hydroxylation is 1. The number of carbonyl (C=O) groups is 3. The Bertz CT molecular complexity index is 611. The van der Waals surface area contributed by atoms with Crippen molar-refractivity contribution in [1.29, 1.82) is 0 Å². The number of nitrogens with one attached hydrogen (secondary N) is 1. The molecule has 6 heteroatoms. The Kier molecular flexibility index (Phi) is 6.56. The van der Waals surface area contributed by atoms with Gasteiger partial charge >= 0.3 is 5.97 Å². The van der Waals surface area contributed by atoms with E-state index in [9.17, 15) is 19.5 Å². The lowest BCUT2D eigenvalue weighted by Gasteiger charge is -2.30. The lowest BCUT2D eigenvalue weighted by atomic mass is 10.0. The van der Waals surface area contributed by atoms with Crippen LogP contribution in [-0.4, -0.2) is 33.9 Å². The molecular weight excluding hydrogens is 320 g/mol. The van der Waals surface area contributed by atoms with Crippen LogP contribution in [0.4, 0.5) is 0 Å². The summed E-state index contributed by atoms with van der Waals surface area (Å²) >= 11 is 0. The van der Waals surface area contributed by atoms with Crippen molar-refractivity contribution in [3.05, 3.63) is 35.9 Å². The molecule has 2 amide bonds. The summed E-state index contributed by atoms with van der Waals surface area (Å²) in [5, 5.41) is 10.6. The maximum Gasteiger partial charge on any atom is 0.328 e. The van der Waals surface area contributed by atoms with Crippen LogP contribution in [0.1, 0.15) is 45.1 Å². The van der Waals surface area contributed by atoms with E-state index < -0.39 is 12.0 Å². The Morgan fingerprint density at radius 1 is 1.20 bits per heavy atom. The number of rotatable bonds is 8. The summed E-state index contributed by atoms with van der Waals surface area (Å²) in [5.74, 6) is -1.79. The highest BCUT2D eigenvalue weighted by Gasteiger charge is 2.39. The molecule has 0 aromatic heterocycles. The van der Waals surface area contributed by atoms with Crippen molar-refractivity contribution < 1.29 is 19.5 Å². The normalized spacial score (nSPS) is 14.8. The highest BCUT2D eigenvalue weighted by atomic mass is 16.4. The molecule has 2 N–H and O–H groups in total. The minimum atomic E-state index is -1.09. The summed E-state index contributed by atoms with van der Waals surface area (Å²) in [6.07, 6.45) is 2.55. The predicted octanol–water partition coefficient (Wildman–Crippen LogP) is 2.39. The zero-order valence-electron chi connectivity index (χ0n) is 14.8. The molecule has 6 nitrogen and oxygen atoms in total. The summed E-state index contributed by atoms with van der Waals surface area (Å²) in [6, 6.07) is 8.54. The maximum atomic E-state index is 12.5. The minimum Gasteiger partial charge on any atom is -0.480 e. The largest absolute Gasteiger partial charge is 0.480 e.